The molecular weight excluding hydrogens is 709 g/mol. The number of benzene rings is 1. The van der Waals surface area contributed by atoms with E-state index in [9.17, 15) is 24.0 Å². The number of carbonyl (C=O) groups is 5. The number of amides is 2. The second-order valence-corrected chi connectivity index (χ2v) is 15.6. The Morgan fingerprint density at radius 2 is 1.63 bits per heavy atom. The van der Waals surface area contributed by atoms with Crippen LogP contribution in [0.5, 0.6) is 0 Å². The molecule has 0 spiro atoms. The van der Waals surface area contributed by atoms with E-state index >= 15 is 0 Å². The minimum absolute atomic E-state index is 0.0198. The number of rotatable bonds is 10. The van der Waals surface area contributed by atoms with E-state index in [0.29, 0.717) is 0 Å². The van der Waals surface area contributed by atoms with Crippen LogP contribution in [0.2, 0.25) is 0 Å². The number of hydrogen-bond acceptors (Lipinski definition) is 10. The van der Waals surface area contributed by atoms with E-state index in [1.54, 1.807) is 30.3 Å². The van der Waals surface area contributed by atoms with Crippen LogP contribution in [0.15, 0.2) is 46.5 Å². The van der Waals surface area contributed by atoms with Gasteiger partial charge in [-0.3, -0.25) is 19.3 Å². The highest BCUT2D eigenvalue weighted by Crippen LogP contribution is 2.47. The molecule has 0 saturated carbocycles. The van der Waals surface area contributed by atoms with Crippen molar-refractivity contribution in [3.8, 4) is 0 Å². The smallest absolute Gasteiger partial charge is 0.355 e. The molecule has 2 aliphatic rings. The average molecular weight is 729 g/mol. The number of alkyl halides is 6. The van der Waals surface area contributed by atoms with Gasteiger partial charge in [-0.1, -0.05) is 87.8 Å². The first kappa shape index (κ1) is 34.2. The number of nitrogens with zero attached hydrogens (tertiary/aromatic N) is 1. The van der Waals surface area contributed by atoms with Crippen LogP contribution in [0.3, 0.4) is 0 Å². The number of nitrogens with one attached hydrogen (secondary N) is 1. The second-order valence-electron chi connectivity index (χ2n) is 8.41. The fourth-order valence-corrected chi connectivity index (χ4v) is 6.14. The standard InChI is InChI=1S/C23H20Cl6N2O8S2/c1-12(32)37-7-13-8-41-19-23(20(36)39-11-22(27,28)29,30-15(33)9-40-14-5-3-2-4-6-14)18(35)31(19)16(13)17(34)38-10-21(24,25)26/h2-6,19H,7-11H2,1H3,(H,30,33)/t19-,23+/m1/s1. The van der Waals surface area contributed by atoms with Crippen LogP contribution in [0, 0.1) is 0 Å². The number of carbonyl (C=O) groups excluding carboxylic acids is 5. The maximum absolute atomic E-state index is 13.8. The Labute approximate surface area is 272 Å². The van der Waals surface area contributed by atoms with Crippen LogP contribution in [0.1, 0.15) is 6.92 Å². The van der Waals surface area contributed by atoms with Crippen LogP contribution < -0.4 is 5.32 Å². The zero-order valence-corrected chi connectivity index (χ0v) is 27.0. The zero-order valence-electron chi connectivity index (χ0n) is 20.8. The normalized spacial score (nSPS) is 20.5. The number of ether oxygens (including phenoxy) is 3. The van der Waals surface area contributed by atoms with Crippen molar-refractivity contribution in [2.24, 2.45) is 0 Å². The lowest BCUT2D eigenvalue weighted by molar-refractivity contribution is -0.176. The van der Waals surface area contributed by atoms with E-state index in [1.165, 1.54) is 0 Å². The number of halogens is 6. The summed E-state index contributed by atoms with van der Waals surface area (Å²) in [5.41, 5.74) is -2.45. The first-order valence-corrected chi connectivity index (χ1v) is 15.6. The van der Waals surface area contributed by atoms with Crippen molar-refractivity contribution in [1.29, 1.82) is 0 Å². The lowest BCUT2D eigenvalue weighted by Gasteiger charge is -2.55. The van der Waals surface area contributed by atoms with Crippen molar-refractivity contribution in [3.05, 3.63) is 41.6 Å². The Hall–Kier alpha value is -1.25. The predicted octanol–water partition coefficient (Wildman–Crippen LogP) is 4.19. The molecule has 1 fully saturated rings. The van der Waals surface area contributed by atoms with Crippen molar-refractivity contribution in [1.82, 2.24) is 10.2 Å². The number of hydrogen-bond donors (Lipinski definition) is 1. The summed E-state index contributed by atoms with van der Waals surface area (Å²) in [6.07, 6.45) is 0. The molecule has 0 bridgehead atoms. The summed E-state index contributed by atoms with van der Waals surface area (Å²) in [5, 5.41) is 1.27. The molecule has 3 rings (SSSR count). The third kappa shape index (κ3) is 8.88. The molecule has 18 heteroatoms. The highest BCUT2D eigenvalue weighted by atomic mass is 35.6. The minimum Gasteiger partial charge on any atom is -0.461 e. The molecule has 224 valence electrons. The highest BCUT2D eigenvalue weighted by Gasteiger charge is 2.71. The van der Waals surface area contributed by atoms with Gasteiger partial charge < -0.3 is 19.5 Å². The Morgan fingerprint density at radius 3 is 2.22 bits per heavy atom. The first-order chi connectivity index (χ1) is 19.0. The van der Waals surface area contributed by atoms with E-state index in [4.69, 9.17) is 83.8 Å². The molecular formula is C23H20Cl6N2O8S2. The summed E-state index contributed by atoms with van der Waals surface area (Å²) in [6, 6.07) is 8.93. The van der Waals surface area contributed by atoms with Gasteiger partial charge in [-0.2, -0.15) is 0 Å². The number of β-lactam (4-membered cyclic amide) rings is 1. The van der Waals surface area contributed by atoms with Crippen molar-refractivity contribution in [2.75, 3.05) is 31.3 Å². The van der Waals surface area contributed by atoms with Gasteiger partial charge in [0.25, 0.3) is 5.91 Å². The zero-order chi connectivity index (χ0) is 30.6. The Balaban J connectivity index is 1.93. The van der Waals surface area contributed by atoms with Crippen molar-refractivity contribution in [2.45, 2.75) is 30.3 Å². The molecule has 1 N–H and O–H groups in total. The van der Waals surface area contributed by atoms with E-state index in [-0.39, 0.29) is 29.4 Å². The van der Waals surface area contributed by atoms with Crippen LogP contribution >= 0.6 is 93.1 Å². The summed E-state index contributed by atoms with van der Waals surface area (Å²) in [6.45, 7) is -0.626. The lowest BCUT2D eigenvalue weighted by atomic mass is 9.86. The molecule has 0 aliphatic carbocycles. The van der Waals surface area contributed by atoms with Gasteiger partial charge in [0.2, 0.25) is 19.0 Å². The topological polar surface area (TPSA) is 128 Å². The third-order valence-electron chi connectivity index (χ3n) is 5.30. The Morgan fingerprint density at radius 1 is 1.02 bits per heavy atom. The summed E-state index contributed by atoms with van der Waals surface area (Å²) >= 11 is 36.4. The minimum atomic E-state index is -2.29. The lowest BCUT2D eigenvalue weighted by Crippen LogP contribution is -2.83. The molecule has 0 aromatic heterocycles. The van der Waals surface area contributed by atoms with Gasteiger partial charge >= 0.3 is 17.9 Å². The van der Waals surface area contributed by atoms with Gasteiger partial charge in [-0.05, 0) is 12.1 Å². The SMILES string of the molecule is CC(=O)OCC1=C(C(=O)OCC(Cl)(Cl)Cl)N2C(=O)[C@@](NC(=O)CSc3ccccc3)(C(=O)OCC(Cl)(Cl)Cl)[C@H]2SC1. The van der Waals surface area contributed by atoms with Crippen LogP contribution in [-0.4, -0.2) is 84.4 Å². The maximum atomic E-state index is 13.8. The van der Waals surface area contributed by atoms with Crippen molar-refractivity contribution in [3.63, 3.8) is 0 Å². The fraction of sp³-hybridized carbons (Fsp3) is 0.435. The van der Waals surface area contributed by atoms with Crippen molar-refractivity contribution >= 4 is 123 Å². The summed E-state index contributed by atoms with van der Waals surface area (Å²) in [7, 11) is 0. The summed E-state index contributed by atoms with van der Waals surface area (Å²) in [4.78, 5) is 66.4. The number of thioether (sulfide) groups is 2. The van der Waals surface area contributed by atoms with Gasteiger partial charge in [-0.15, -0.1) is 23.5 Å². The third-order valence-corrected chi connectivity index (χ3v) is 8.36. The molecule has 10 nitrogen and oxygen atoms in total. The average Bonchev–Trinajstić information content (AvgIpc) is 2.89. The maximum Gasteiger partial charge on any atom is 0.355 e. The molecule has 0 radical (unpaired) electrons. The molecule has 2 amide bonds. The molecule has 2 heterocycles. The van der Waals surface area contributed by atoms with Crippen LogP contribution in [0.25, 0.3) is 0 Å². The monoisotopic (exact) mass is 726 g/mol. The predicted molar refractivity (Wildman–Crippen MR) is 157 cm³/mol. The second kappa shape index (κ2) is 14.0. The van der Waals surface area contributed by atoms with Gasteiger partial charge in [0.15, 0.2) is 0 Å². The van der Waals surface area contributed by atoms with Gasteiger partial charge in [0, 0.05) is 23.1 Å². The molecule has 1 aromatic carbocycles. The molecule has 1 aromatic rings. The van der Waals surface area contributed by atoms with E-state index in [2.05, 4.69) is 5.32 Å². The van der Waals surface area contributed by atoms with Gasteiger partial charge in [-0.25, -0.2) is 9.59 Å². The number of fused-ring (bicyclic) bond motifs is 1. The highest BCUT2D eigenvalue weighted by molar-refractivity contribution is 8.00. The van der Waals surface area contributed by atoms with E-state index in [0.717, 1.165) is 40.2 Å². The van der Waals surface area contributed by atoms with Gasteiger partial charge in [0.1, 0.15) is 30.9 Å². The molecule has 0 unspecified atom stereocenters. The largest absolute Gasteiger partial charge is 0.461 e. The Kier molecular flexibility index (Phi) is 11.7. The first-order valence-electron chi connectivity index (χ1n) is 11.3. The molecule has 2 aliphatic heterocycles. The quantitative estimate of drug-likeness (QED) is 0.0936. The van der Waals surface area contributed by atoms with Gasteiger partial charge in [0.05, 0.1) is 5.75 Å². The van der Waals surface area contributed by atoms with Crippen LogP contribution in [0.4, 0.5) is 0 Å². The molecule has 1 saturated heterocycles. The summed E-state index contributed by atoms with van der Waals surface area (Å²) < 4.78 is 11.2. The number of esters is 3. The van der Waals surface area contributed by atoms with Crippen LogP contribution in [-0.2, 0) is 38.2 Å². The summed E-state index contributed by atoms with van der Waals surface area (Å²) in [5.74, 6) is -4.86. The fourth-order valence-electron chi connectivity index (χ4n) is 3.66. The van der Waals surface area contributed by atoms with E-state index < -0.39 is 61.4 Å². The molecule has 2 atom stereocenters. The van der Waals surface area contributed by atoms with E-state index in [1.807, 2.05) is 0 Å². The molecule has 41 heavy (non-hydrogen) atoms. The van der Waals surface area contributed by atoms with Crippen molar-refractivity contribution < 1.29 is 38.2 Å². The Bertz CT molecular complexity index is 1240.